The number of thiol groups is 1. The Morgan fingerprint density at radius 1 is 1.56 bits per heavy atom. The molecule has 1 amide bonds. The van der Waals surface area contributed by atoms with Crippen LogP contribution in [0.1, 0.15) is 13.3 Å². The van der Waals surface area contributed by atoms with Gasteiger partial charge >= 0.3 is 0 Å². The summed E-state index contributed by atoms with van der Waals surface area (Å²) in [5.74, 6) is 0.0588. The normalized spacial score (nSPS) is 16.5. The van der Waals surface area contributed by atoms with E-state index in [-0.39, 0.29) is 11.7 Å². The Hall–Kier alpha value is -0.380. The summed E-state index contributed by atoms with van der Waals surface area (Å²) in [5.41, 5.74) is 1.90. The van der Waals surface area contributed by atoms with Gasteiger partial charge in [-0.1, -0.05) is 29.3 Å². The molecule has 1 N–H and O–H groups in total. The van der Waals surface area contributed by atoms with Gasteiger partial charge in [-0.05, 0) is 24.1 Å². The zero-order valence-electron chi connectivity index (χ0n) is 8.89. The fourth-order valence-corrected chi connectivity index (χ4v) is 2.00. The quantitative estimate of drug-likeness (QED) is 0.763. The van der Waals surface area contributed by atoms with Crippen LogP contribution in [0.15, 0.2) is 33.4 Å². The first-order chi connectivity index (χ1) is 7.54. The molecular formula is C11H13Cl2NOS. The van der Waals surface area contributed by atoms with Crippen LogP contribution in [0.3, 0.4) is 0 Å². The van der Waals surface area contributed by atoms with E-state index in [4.69, 9.17) is 23.2 Å². The van der Waals surface area contributed by atoms with Gasteiger partial charge in [0.15, 0.2) is 0 Å². The lowest BCUT2D eigenvalue weighted by Gasteiger charge is -2.10. The Bertz CT molecular complexity index is 385. The van der Waals surface area contributed by atoms with E-state index in [0.717, 1.165) is 11.1 Å². The zero-order valence-corrected chi connectivity index (χ0v) is 11.3. The molecule has 0 bridgehead atoms. The van der Waals surface area contributed by atoms with Gasteiger partial charge in [0, 0.05) is 23.0 Å². The molecule has 5 heteroatoms. The Morgan fingerprint density at radius 3 is 2.88 bits per heavy atom. The highest BCUT2D eigenvalue weighted by Crippen LogP contribution is 2.27. The van der Waals surface area contributed by atoms with Crippen molar-refractivity contribution in [2.24, 2.45) is 0 Å². The lowest BCUT2D eigenvalue weighted by atomic mass is 10.1. The van der Waals surface area contributed by atoms with Crippen LogP contribution in [0, 0.1) is 0 Å². The molecule has 0 atom stereocenters. The van der Waals surface area contributed by atoms with Gasteiger partial charge in [0.2, 0.25) is 5.91 Å². The first kappa shape index (κ1) is 13.7. The molecule has 0 aromatic heterocycles. The molecule has 88 valence electrons. The average Bonchev–Trinajstić information content (AvgIpc) is 2.36. The van der Waals surface area contributed by atoms with Gasteiger partial charge in [-0.2, -0.15) is 12.6 Å². The number of carbonyl (C=O) groups is 1. The van der Waals surface area contributed by atoms with Crippen molar-refractivity contribution in [3.63, 3.8) is 0 Å². The molecular weight excluding hydrogens is 265 g/mol. The minimum Gasteiger partial charge on any atom is -0.351 e. The van der Waals surface area contributed by atoms with Crippen molar-refractivity contribution in [1.29, 1.82) is 0 Å². The molecule has 0 heterocycles. The molecule has 0 aromatic carbocycles. The molecule has 0 unspecified atom stereocenters. The molecule has 0 saturated carbocycles. The minimum atomic E-state index is -0.114. The third-order valence-corrected chi connectivity index (χ3v) is 3.17. The van der Waals surface area contributed by atoms with Crippen molar-refractivity contribution < 1.29 is 4.79 Å². The summed E-state index contributed by atoms with van der Waals surface area (Å²) in [7, 11) is 0. The average molecular weight is 278 g/mol. The monoisotopic (exact) mass is 277 g/mol. The van der Waals surface area contributed by atoms with Crippen molar-refractivity contribution in [1.82, 2.24) is 5.32 Å². The van der Waals surface area contributed by atoms with Gasteiger partial charge < -0.3 is 5.32 Å². The fourth-order valence-electron chi connectivity index (χ4n) is 1.36. The highest BCUT2D eigenvalue weighted by Gasteiger charge is 2.11. The van der Waals surface area contributed by atoms with E-state index in [1.54, 1.807) is 0 Å². The number of carbonyl (C=O) groups excluding carboxylic acids is 1. The number of hydrogen-bond donors (Lipinski definition) is 2. The van der Waals surface area contributed by atoms with E-state index in [0.29, 0.717) is 23.0 Å². The molecule has 0 saturated heterocycles. The maximum atomic E-state index is 11.1. The fraction of sp³-hybridized carbons (Fsp3) is 0.364. The highest BCUT2D eigenvalue weighted by atomic mass is 35.5. The molecule has 1 aliphatic rings. The van der Waals surface area contributed by atoms with Crippen molar-refractivity contribution in [3.8, 4) is 0 Å². The molecule has 0 aromatic rings. The Balaban J connectivity index is 2.78. The van der Waals surface area contributed by atoms with Gasteiger partial charge in [0.05, 0.1) is 5.75 Å². The van der Waals surface area contributed by atoms with E-state index >= 15 is 0 Å². The van der Waals surface area contributed by atoms with Crippen LogP contribution in [-0.4, -0.2) is 18.2 Å². The second-order valence-corrected chi connectivity index (χ2v) is 4.65. The standard InChI is InChI=1S/C11H13Cl2NOS/c1-7-4-8(12)2-3-10(13)9(7)5-14-11(15)6-16/h2,4,16H,3,5-6H2,1H3,(H,14,15). The van der Waals surface area contributed by atoms with Crippen LogP contribution >= 0.6 is 35.8 Å². The number of nitrogens with one attached hydrogen (secondary N) is 1. The smallest absolute Gasteiger partial charge is 0.229 e. The number of halogens is 2. The van der Waals surface area contributed by atoms with Gasteiger partial charge in [0.1, 0.15) is 0 Å². The summed E-state index contributed by atoms with van der Waals surface area (Å²) in [6.07, 6.45) is 4.29. The Kier molecular flexibility index (Phi) is 5.46. The summed E-state index contributed by atoms with van der Waals surface area (Å²) in [5, 5.41) is 4.13. The van der Waals surface area contributed by atoms with E-state index in [9.17, 15) is 4.79 Å². The van der Waals surface area contributed by atoms with Crippen LogP contribution in [0.25, 0.3) is 0 Å². The first-order valence-electron chi connectivity index (χ1n) is 4.84. The first-order valence-corrected chi connectivity index (χ1v) is 6.23. The molecule has 0 fully saturated rings. The predicted octanol–water partition coefficient (Wildman–Crippen LogP) is 3.00. The SMILES string of the molecule is CC1=CC(Cl)=CCC(Cl)=C1CNC(=O)CS. The summed E-state index contributed by atoms with van der Waals surface area (Å²) in [4.78, 5) is 11.1. The summed E-state index contributed by atoms with van der Waals surface area (Å²) < 4.78 is 0. The predicted molar refractivity (Wildman–Crippen MR) is 72.1 cm³/mol. The molecule has 2 nitrogen and oxygen atoms in total. The van der Waals surface area contributed by atoms with Crippen LogP contribution in [0.2, 0.25) is 0 Å². The summed E-state index contributed by atoms with van der Waals surface area (Å²) in [6.45, 7) is 2.34. The molecule has 16 heavy (non-hydrogen) atoms. The lowest BCUT2D eigenvalue weighted by molar-refractivity contribution is -0.118. The second-order valence-electron chi connectivity index (χ2n) is 3.44. The molecule has 1 aliphatic carbocycles. The van der Waals surface area contributed by atoms with Crippen molar-refractivity contribution in [2.75, 3.05) is 12.3 Å². The molecule has 1 rings (SSSR count). The maximum absolute atomic E-state index is 11.1. The van der Waals surface area contributed by atoms with Crippen molar-refractivity contribution in [3.05, 3.63) is 33.4 Å². The van der Waals surface area contributed by atoms with E-state index < -0.39 is 0 Å². The van der Waals surface area contributed by atoms with Gasteiger partial charge in [-0.3, -0.25) is 4.79 Å². The van der Waals surface area contributed by atoms with Crippen LogP contribution in [0.5, 0.6) is 0 Å². The molecule has 0 spiro atoms. The molecule has 0 radical (unpaired) electrons. The van der Waals surface area contributed by atoms with Crippen LogP contribution in [-0.2, 0) is 4.79 Å². The maximum Gasteiger partial charge on any atom is 0.229 e. The van der Waals surface area contributed by atoms with Crippen molar-refractivity contribution in [2.45, 2.75) is 13.3 Å². The van der Waals surface area contributed by atoms with Gasteiger partial charge in [0.25, 0.3) is 0 Å². The number of allylic oxidation sites excluding steroid dienone is 4. The topological polar surface area (TPSA) is 29.1 Å². The van der Waals surface area contributed by atoms with Crippen LogP contribution < -0.4 is 5.32 Å². The third-order valence-electron chi connectivity index (χ3n) is 2.24. The Labute approximate surface area is 111 Å². The number of hydrogen-bond acceptors (Lipinski definition) is 2. The van der Waals surface area contributed by atoms with E-state index in [1.807, 2.05) is 19.1 Å². The van der Waals surface area contributed by atoms with E-state index in [2.05, 4.69) is 17.9 Å². The van der Waals surface area contributed by atoms with E-state index in [1.165, 1.54) is 0 Å². The largest absolute Gasteiger partial charge is 0.351 e. The highest BCUT2D eigenvalue weighted by molar-refractivity contribution is 7.81. The molecule has 0 aliphatic heterocycles. The summed E-state index contributed by atoms with van der Waals surface area (Å²) >= 11 is 16.0. The van der Waals surface area contributed by atoms with Gasteiger partial charge in [-0.25, -0.2) is 0 Å². The lowest BCUT2D eigenvalue weighted by Crippen LogP contribution is -2.27. The Morgan fingerprint density at radius 2 is 2.25 bits per heavy atom. The zero-order chi connectivity index (χ0) is 12.1. The van der Waals surface area contributed by atoms with Crippen molar-refractivity contribution >= 4 is 41.7 Å². The number of amides is 1. The second kappa shape index (κ2) is 6.38. The summed E-state index contributed by atoms with van der Waals surface area (Å²) in [6, 6.07) is 0. The minimum absolute atomic E-state index is 0.114. The van der Waals surface area contributed by atoms with Crippen LogP contribution in [0.4, 0.5) is 0 Å². The third kappa shape index (κ3) is 3.89. The van der Waals surface area contributed by atoms with Gasteiger partial charge in [-0.15, -0.1) is 0 Å². The number of rotatable bonds is 3.